The maximum Gasteiger partial charge on any atom is 0.131 e. The average molecular weight is 280 g/mol. The van der Waals surface area contributed by atoms with Crippen LogP contribution in [-0.4, -0.2) is 16.9 Å². The number of benzene rings is 1. The van der Waals surface area contributed by atoms with E-state index in [2.05, 4.69) is 10.4 Å². The van der Waals surface area contributed by atoms with Gasteiger partial charge in [-0.05, 0) is 13.0 Å². The first-order valence-electron chi connectivity index (χ1n) is 6.12. The van der Waals surface area contributed by atoms with Crippen molar-refractivity contribution in [3.05, 3.63) is 46.2 Å². The van der Waals surface area contributed by atoms with Crippen molar-refractivity contribution in [2.45, 2.75) is 20.1 Å². The van der Waals surface area contributed by atoms with Crippen LogP contribution < -0.4 is 5.32 Å². The molecule has 2 rings (SSSR count). The summed E-state index contributed by atoms with van der Waals surface area (Å²) in [5, 5.41) is 8.37. The van der Waals surface area contributed by atoms with Crippen molar-refractivity contribution in [1.82, 2.24) is 9.78 Å². The molecule has 0 bridgehead atoms. The fourth-order valence-electron chi connectivity index (χ4n) is 2.03. The second-order valence-corrected chi connectivity index (χ2v) is 4.78. The molecule has 0 saturated heterocycles. The highest BCUT2D eigenvalue weighted by Gasteiger charge is 2.11. The molecule has 102 valence electrons. The third-order valence-electron chi connectivity index (χ3n) is 3.04. The Morgan fingerprint density at radius 3 is 2.74 bits per heavy atom. The summed E-state index contributed by atoms with van der Waals surface area (Å²) in [6.07, 6.45) is 0. The lowest BCUT2D eigenvalue weighted by Gasteiger charge is -2.11. The number of nitrogens with zero attached hydrogens (tertiary/aromatic N) is 2. The molecule has 0 atom stereocenters. The first-order valence-corrected chi connectivity index (χ1v) is 6.50. The minimum absolute atomic E-state index is 0.586. The molecule has 19 heavy (non-hydrogen) atoms. The largest absolute Gasteiger partial charge is 0.380 e. The van der Waals surface area contributed by atoms with Gasteiger partial charge >= 0.3 is 0 Å². The van der Waals surface area contributed by atoms with Gasteiger partial charge in [0.2, 0.25) is 0 Å². The van der Waals surface area contributed by atoms with Crippen LogP contribution in [0.15, 0.2) is 24.3 Å². The normalized spacial score (nSPS) is 10.7. The van der Waals surface area contributed by atoms with E-state index in [9.17, 15) is 0 Å². The third-order valence-corrected chi connectivity index (χ3v) is 3.52. The summed E-state index contributed by atoms with van der Waals surface area (Å²) in [5.41, 5.74) is 4.16. The van der Waals surface area contributed by atoms with Crippen LogP contribution in [0.5, 0.6) is 0 Å². The second-order valence-electron chi connectivity index (χ2n) is 4.42. The summed E-state index contributed by atoms with van der Waals surface area (Å²) in [6, 6.07) is 8.08. The van der Waals surface area contributed by atoms with Crippen molar-refractivity contribution in [2.24, 2.45) is 7.05 Å². The van der Waals surface area contributed by atoms with Gasteiger partial charge in [0.25, 0.3) is 0 Å². The Bertz CT molecular complexity index is 566. The van der Waals surface area contributed by atoms with Crippen LogP contribution in [0.1, 0.15) is 16.8 Å². The lowest BCUT2D eigenvalue weighted by Crippen LogP contribution is -2.04. The molecule has 0 amide bonds. The van der Waals surface area contributed by atoms with E-state index in [1.165, 1.54) is 0 Å². The molecule has 0 unspecified atom stereocenters. The Morgan fingerprint density at radius 1 is 1.37 bits per heavy atom. The number of aryl methyl sites for hydroxylation is 2. The number of para-hydroxylation sites is 1. The van der Waals surface area contributed by atoms with Crippen LogP contribution in [0.4, 0.5) is 5.69 Å². The highest BCUT2D eigenvalue weighted by Crippen LogP contribution is 2.22. The van der Waals surface area contributed by atoms with Crippen LogP contribution >= 0.6 is 11.6 Å². The van der Waals surface area contributed by atoms with Crippen LogP contribution in [0.3, 0.4) is 0 Å². The molecular formula is C14H18ClN3O. The van der Waals surface area contributed by atoms with Crippen molar-refractivity contribution >= 4 is 17.3 Å². The number of hydrogen-bond donors (Lipinski definition) is 1. The number of ether oxygens (including phenoxy) is 1. The van der Waals surface area contributed by atoms with E-state index >= 15 is 0 Å². The number of halogens is 1. The monoisotopic (exact) mass is 279 g/mol. The molecule has 1 aromatic carbocycles. The summed E-state index contributed by atoms with van der Waals surface area (Å²) < 4.78 is 6.88. The zero-order chi connectivity index (χ0) is 13.8. The summed E-state index contributed by atoms with van der Waals surface area (Å²) in [5.74, 6) is 0. The molecular weight excluding hydrogens is 262 g/mol. The zero-order valence-electron chi connectivity index (χ0n) is 11.4. The van der Waals surface area contributed by atoms with E-state index in [-0.39, 0.29) is 0 Å². The lowest BCUT2D eigenvalue weighted by atomic mass is 10.1. The summed E-state index contributed by atoms with van der Waals surface area (Å²) in [7, 11) is 3.54. The standard InChI is InChI=1S/C14H18ClN3O/c1-10-12(14(15)18(2)17-10)8-16-13-7-5-4-6-11(13)9-19-3/h4-7,16H,8-9H2,1-3H3. The Kier molecular flexibility index (Phi) is 4.45. The van der Waals surface area contributed by atoms with Gasteiger partial charge < -0.3 is 10.1 Å². The number of rotatable bonds is 5. The van der Waals surface area contributed by atoms with Gasteiger partial charge in [0, 0.05) is 37.5 Å². The molecule has 4 nitrogen and oxygen atoms in total. The first kappa shape index (κ1) is 13.9. The van der Waals surface area contributed by atoms with E-state index < -0.39 is 0 Å². The summed E-state index contributed by atoms with van der Waals surface area (Å²) >= 11 is 6.22. The van der Waals surface area contributed by atoms with E-state index in [1.807, 2.05) is 38.2 Å². The maximum absolute atomic E-state index is 6.22. The van der Waals surface area contributed by atoms with E-state index in [0.717, 1.165) is 22.5 Å². The molecule has 0 aliphatic heterocycles. The minimum Gasteiger partial charge on any atom is -0.380 e. The molecule has 0 spiro atoms. The molecule has 0 aliphatic carbocycles. The van der Waals surface area contributed by atoms with Crippen LogP contribution in [0.25, 0.3) is 0 Å². The van der Waals surface area contributed by atoms with Crippen molar-refractivity contribution in [3.63, 3.8) is 0 Å². The smallest absolute Gasteiger partial charge is 0.131 e. The van der Waals surface area contributed by atoms with Crippen molar-refractivity contribution < 1.29 is 4.74 Å². The predicted octanol–water partition coefficient (Wildman–Crippen LogP) is 3.14. The zero-order valence-corrected chi connectivity index (χ0v) is 12.2. The molecule has 1 N–H and O–H groups in total. The van der Waals surface area contributed by atoms with Gasteiger partial charge in [-0.3, -0.25) is 4.68 Å². The number of nitrogens with one attached hydrogen (secondary N) is 1. The van der Waals surface area contributed by atoms with Gasteiger partial charge in [-0.15, -0.1) is 0 Å². The fourth-order valence-corrected chi connectivity index (χ4v) is 2.27. The Balaban J connectivity index is 2.14. The van der Waals surface area contributed by atoms with E-state index in [0.29, 0.717) is 18.3 Å². The van der Waals surface area contributed by atoms with Crippen molar-refractivity contribution in [3.8, 4) is 0 Å². The molecule has 1 heterocycles. The van der Waals surface area contributed by atoms with Crippen LogP contribution in [0.2, 0.25) is 5.15 Å². The van der Waals surface area contributed by atoms with Gasteiger partial charge in [0.15, 0.2) is 0 Å². The highest BCUT2D eigenvalue weighted by molar-refractivity contribution is 6.30. The van der Waals surface area contributed by atoms with Gasteiger partial charge in [-0.25, -0.2) is 0 Å². The third kappa shape index (κ3) is 3.08. The number of hydrogen-bond acceptors (Lipinski definition) is 3. The SMILES string of the molecule is COCc1ccccc1NCc1c(C)nn(C)c1Cl. The Labute approximate surface area is 118 Å². The minimum atomic E-state index is 0.586. The van der Waals surface area contributed by atoms with E-state index in [1.54, 1.807) is 11.8 Å². The summed E-state index contributed by atoms with van der Waals surface area (Å²) in [6.45, 7) is 3.20. The highest BCUT2D eigenvalue weighted by atomic mass is 35.5. The maximum atomic E-state index is 6.22. The molecule has 5 heteroatoms. The van der Waals surface area contributed by atoms with E-state index in [4.69, 9.17) is 16.3 Å². The quantitative estimate of drug-likeness (QED) is 0.914. The summed E-state index contributed by atoms with van der Waals surface area (Å²) in [4.78, 5) is 0. The first-order chi connectivity index (χ1) is 9.13. The van der Waals surface area contributed by atoms with Crippen LogP contribution in [0, 0.1) is 6.92 Å². The predicted molar refractivity (Wildman–Crippen MR) is 77.4 cm³/mol. The van der Waals surface area contributed by atoms with Gasteiger partial charge in [0.05, 0.1) is 12.3 Å². The molecule has 0 radical (unpaired) electrons. The topological polar surface area (TPSA) is 39.1 Å². The van der Waals surface area contributed by atoms with Gasteiger partial charge in [-0.2, -0.15) is 5.10 Å². The molecule has 0 saturated carbocycles. The second kappa shape index (κ2) is 6.08. The van der Waals surface area contributed by atoms with Crippen molar-refractivity contribution in [1.29, 1.82) is 0 Å². The number of anilines is 1. The van der Waals surface area contributed by atoms with Crippen molar-refractivity contribution in [2.75, 3.05) is 12.4 Å². The Morgan fingerprint density at radius 2 is 2.11 bits per heavy atom. The van der Waals surface area contributed by atoms with Gasteiger partial charge in [-0.1, -0.05) is 29.8 Å². The molecule has 2 aromatic rings. The number of methoxy groups -OCH3 is 1. The Hall–Kier alpha value is -1.52. The van der Waals surface area contributed by atoms with Crippen LogP contribution in [-0.2, 0) is 24.9 Å². The molecule has 0 aliphatic rings. The number of aromatic nitrogens is 2. The average Bonchev–Trinajstić information content (AvgIpc) is 2.63. The molecule has 0 fully saturated rings. The lowest BCUT2D eigenvalue weighted by molar-refractivity contribution is 0.185. The van der Waals surface area contributed by atoms with Gasteiger partial charge in [0.1, 0.15) is 5.15 Å². The molecule has 1 aromatic heterocycles. The fraction of sp³-hybridized carbons (Fsp3) is 0.357.